The second-order valence-electron chi connectivity index (χ2n) is 4.17. The second kappa shape index (κ2) is 6.68. The minimum atomic E-state index is 0.349. The Morgan fingerprint density at radius 1 is 1.65 bits per heavy atom. The molecule has 0 aromatic carbocycles. The number of aryl methyl sites for hydroxylation is 1. The van der Waals surface area contributed by atoms with Crippen molar-refractivity contribution in [3.63, 3.8) is 0 Å². The third kappa shape index (κ3) is 3.64. The maximum Gasteiger partial charge on any atom is 0.0522 e. The summed E-state index contributed by atoms with van der Waals surface area (Å²) in [6, 6.07) is 0.349. The number of rotatable bonds is 5. The minimum absolute atomic E-state index is 0.349. The van der Waals surface area contributed by atoms with E-state index in [0.717, 1.165) is 13.0 Å². The molecule has 4 nitrogen and oxygen atoms in total. The summed E-state index contributed by atoms with van der Waals surface area (Å²) in [7, 11) is 0. The quantitative estimate of drug-likeness (QED) is 0.621. The van der Waals surface area contributed by atoms with E-state index in [0.29, 0.717) is 11.3 Å². The predicted molar refractivity (Wildman–Crippen MR) is 76.3 cm³/mol. The van der Waals surface area contributed by atoms with Gasteiger partial charge in [-0.15, -0.1) is 0 Å². The molecule has 1 saturated heterocycles. The van der Waals surface area contributed by atoms with Crippen molar-refractivity contribution in [3.8, 4) is 0 Å². The van der Waals surface area contributed by atoms with Crippen LogP contribution in [0.15, 0.2) is 12.4 Å². The molecule has 2 rings (SSSR count). The number of thioether (sulfide) groups is 2. The van der Waals surface area contributed by atoms with Crippen molar-refractivity contribution in [3.05, 3.63) is 18.0 Å². The molecule has 3 N–H and O–H groups in total. The van der Waals surface area contributed by atoms with E-state index in [4.69, 9.17) is 5.84 Å². The number of nitrogens with two attached hydrogens (primary N) is 1. The van der Waals surface area contributed by atoms with E-state index in [1.807, 2.05) is 34.4 Å². The molecule has 1 fully saturated rings. The Balaban J connectivity index is 1.93. The van der Waals surface area contributed by atoms with Crippen LogP contribution in [0.5, 0.6) is 0 Å². The van der Waals surface area contributed by atoms with Gasteiger partial charge in [-0.3, -0.25) is 16.0 Å². The van der Waals surface area contributed by atoms with Crippen molar-refractivity contribution in [1.29, 1.82) is 0 Å². The van der Waals surface area contributed by atoms with Crippen LogP contribution < -0.4 is 11.3 Å². The van der Waals surface area contributed by atoms with E-state index in [1.54, 1.807) is 0 Å². The lowest BCUT2D eigenvalue weighted by Crippen LogP contribution is -2.46. The highest BCUT2D eigenvalue weighted by Crippen LogP contribution is 2.27. The molecule has 0 amide bonds. The molecule has 1 aliphatic rings. The van der Waals surface area contributed by atoms with Gasteiger partial charge in [-0.1, -0.05) is 0 Å². The molecular formula is C11H20N4S2. The van der Waals surface area contributed by atoms with Gasteiger partial charge in [0.15, 0.2) is 0 Å². The number of nitrogens with zero attached hydrogens (tertiary/aromatic N) is 2. The van der Waals surface area contributed by atoms with Gasteiger partial charge in [-0.25, -0.2) is 0 Å². The van der Waals surface area contributed by atoms with Crippen LogP contribution in [0.2, 0.25) is 0 Å². The van der Waals surface area contributed by atoms with Crippen LogP contribution in [0.4, 0.5) is 0 Å². The Morgan fingerprint density at radius 2 is 2.53 bits per heavy atom. The average Bonchev–Trinajstić information content (AvgIpc) is 2.84. The highest BCUT2D eigenvalue weighted by Gasteiger charge is 2.24. The maximum absolute atomic E-state index is 5.69. The number of aromatic nitrogens is 2. The number of hydrogen-bond acceptors (Lipinski definition) is 5. The van der Waals surface area contributed by atoms with Gasteiger partial charge in [-0.05, 0) is 18.9 Å². The first-order valence-electron chi connectivity index (χ1n) is 6.00. The molecule has 2 atom stereocenters. The van der Waals surface area contributed by atoms with Crippen molar-refractivity contribution in [2.75, 3.05) is 17.3 Å². The zero-order chi connectivity index (χ0) is 12.1. The van der Waals surface area contributed by atoms with Crippen LogP contribution in [0, 0.1) is 0 Å². The van der Waals surface area contributed by atoms with Crippen LogP contribution in [0.25, 0.3) is 0 Å². The molecule has 1 aliphatic heterocycles. The van der Waals surface area contributed by atoms with Crippen LogP contribution in [0.3, 0.4) is 0 Å². The summed E-state index contributed by atoms with van der Waals surface area (Å²) < 4.78 is 1.96. The van der Waals surface area contributed by atoms with Crippen LogP contribution >= 0.6 is 23.5 Å². The van der Waals surface area contributed by atoms with Crippen LogP contribution in [-0.2, 0) is 13.0 Å². The van der Waals surface area contributed by atoms with Crippen molar-refractivity contribution in [1.82, 2.24) is 15.2 Å². The van der Waals surface area contributed by atoms with Crippen LogP contribution in [0.1, 0.15) is 12.5 Å². The maximum atomic E-state index is 5.69. The largest absolute Gasteiger partial charge is 0.273 e. The molecule has 2 unspecified atom stereocenters. The summed E-state index contributed by atoms with van der Waals surface area (Å²) >= 11 is 4.07. The molecule has 2 heterocycles. The molecule has 0 saturated carbocycles. The summed E-state index contributed by atoms with van der Waals surface area (Å²) in [5.74, 6) is 9.39. The van der Waals surface area contributed by atoms with E-state index in [1.165, 1.54) is 22.8 Å². The topological polar surface area (TPSA) is 55.9 Å². The normalized spacial score (nSPS) is 22.6. The number of hydrogen-bond donors (Lipinski definition) is 2. The molecule has 17 heavy (non-hydrogen) atoms. The van der Waals surface area contributed by atoms with Gasteiger partial charge in [0.25, 0.3) is 0 Å². The monoisotopic (exact) mass is 272 g/mol. The molecule has 0 bridgehead atoms. The highest BCUT2D eigenvalue weighted by molar-refractivity contribution is 8.06. The molecule has 0 spiro atoms. The summed E-state index contributed by atoms with van der Waals surface area (Å²) in [6.07, 6.45) is 5.04. The molecule has 6 heteroatoms. The molecule has 1 aromatic rings. The van der Waals surface area contributed by atoms with E-state index >= 15 is 0 Å². The van der Waals surface area contributed by atoms with Gasteiger partial charge in [0, 0.05) is 41.3 Å². The number of nitrogens with one attached hydrogen (secondary N) is 1. The van der Waals surface area contributed by atoms with Crippen molar-refractivity contribution in [2.45, 2.75) is 31.2 Å². The van der Waals surface area contributed by atoms with Crippen molar-refractivity contribution in [2.24, 2.45) is 5.84 Å². The second-order valence-corrected chi connectivity index (χ2v) is 6.66. The fourth-order valence-electron chi connectivity index (χ4n) is 1.97. The summed E-state index contributed by atoms with van der Waals surface area (Å²) in [5, 5.41) is 4.92. The lowest BCUT2D eigenvalue weighted by atomic mass is 10.1. The van der Waals surface area contributed by atoms with E-state index in [9.17, 15) is 0 Å². The smallest absolute Gasteiger partial charge is 0.0522 e. The zero-order valence-corrected chi connectivity index (χ0v) is 11.8. The number of hydrazine groups is 1. The first-order chi connectivity index (χ1) is 8.33. The van der Waals surface area contributed by atoms with Gasteiger partial charge in [0.05, 0.1) is 6.20 Å². The van der Waals surface area contributed by atoms with Gasteiger partial charge in [0.1, 0.15) is 0 Å². The van der Waals surface area contributed by atoms with Gasteiger partial charge in [0.2, 0.25) is 0 Å². The minimum Gasteiger partial charge on any atom is -0.273 e. The average molecular weight is 272 g/mol. The Hall–Kier alpha value is -0.170. The lowest BCUT2D eigenvalue weighted by Gasteiger charge is -2.28. The SMILES string of the molecule is CCn1cc(CC(NN)C2CSCCS2)cn1. The Bertz CT molecular complexity index is 336. The van der Waals surface area contributed by atoms with Crippen molar-refractivity contribution >= 4 is 23.5 Å². The van der Waals surface area contributed by atoms with Gasteiger partial charge >= 0.3 is 0 Å². The molecule has 96 valence electrons. The predicted octanol–water partition coefficient (Wildman–Crippen LogP) is 1.13. The van der Waals surface area contributed by atoms with E-state index < -0.39 is 0 Å². The molecule has 1 aromatic heterocycles. The van der Waals surface area contributed by atoms with E-state index in [-0.39, 0.29) is 0 Å². The third-order valence-electron chi connectivity index (χ3n) is 2.97. The summed E-state index contributed by atoms with van der Waals surface area (Å²) in [5.41, 5.74) is 4.25. The summed E-state index contributed by atoms with van der Waals surface area (Å²) in [4.78, 5) is 0. The van der Waals surface area contributed by atoms with E-state index in [2.05, 4.69) is 23.6 Å². The summed E-state index contributed by atoms with van der Waals surface area (Å²) in [6.45, 7) is 3.03. The third-order valence-corrected chi connectivity index (χ3v) is 5.89. The zero-order valence-electron chi connectivity index (χ0n) is 10.1. The fraction of sp³-hybridized carbons (Fsp3) is 0.727. The molecule has 0 aliphatic carbocycles. The lowest BCUT2D eigenvalue weighted by molar-refractivity contribution is 0.523. The van der Waals surface area contributed by atoms with Gasteiger partial charge in [-0.2, -0.15) is 28.6 Å². The fourth-order valence-corrected chi connectivity index (χ4v) is 4.85. The first kappa shape index (κ1) is 13.3. The highest BCUT2D eigenvalue weighted by atomic mass is 32.2. The Kier molecular flexibility index (Phi) is 5.21. The van der Waals surface area contributed by atoms with Gasteiger partial charge < -0.3 is 0 Å². The Morgan fingerprint density at radius 3 is 3.12 bits per heavy atom. The molecule has 0 radical (unpaired) electrons. The Labute approximate surface area is 111 Å². The van der Waals surface area contributed by atoms with Crippen LogP contribution in [-0.4, -0.2) is 38.3 Å². The molecular weight excluding hydrogens is 252 g/mol. The van der Waals surface area contributed by atoms with Crippen molar-refractivity contribution < 1.29 is 0 Å². The first-order valence-corrected chi connectivity index (χ1v) is 8.20. The standard InChI is InChI=1S/C11H20N4S2/c1-2-15-7-9(6-13-15)5-10(14-12)11-8-16-3-4-17-11/h6-7,10-11,14H,2-5,8,12H2,1H3.